The van der Waals surface area contributed by atoms with Gasteiger partial charge in [0.15, 0.2) is 0 Å². The van der Waals surface area contributed by atoms with E-state index in [4.69, 9.17) is 0 Å². The lowest BCUT2D eigenvalue weighted by molar-refractivity contribution is -0.126. The van der Waals surface area contributed by atoms with Crippen LogP contribution in [0, 0.1) is 0 Å². The van der Waals surface area contributed by atoms with E-state index in [1.807, 2.05) is 17.5 Å². The molecular weight excluding hydrogens is 422 g/mol. The van der Waals surface area contributed by atoms with E-state index in [9.17, 15) is 22.8 Å². The van der Waals surface area contributed by atoms with Gasteiger partial charge >= 0.3 is 0 Å². The van der Waals surface area contributed by atoms with Gasteiger partial charge in [0.2, 0.25) is 15.9 Å². The average Bonchev–Trinajstić information content (AvgIpc) is 3.24. The summed E-state index contributed by atoms with van der Waals surface area (Å²) in [5.41, 5.74) is 0. The number of hydrogen-bond donors (Lipinski definition) is 1. The molecule has 0 radical (unpaired) electrons. The summed E-state index contributed by atoms with van der Waals surface area (Å²) in [6, 6.07) is 2.98. The van der Waals surface area contributed by atoms with Gasteiger partial charge in [-0.1, -0.05) is 12.5 Å². The maximum absolute atomic E-state index is 12.4. The largest absolute Gasteiger partial charge is 0.353 e. The fourth-order valence-corrected chi connectivity index (χ4v) is 5.88. The van der Waals surface area contributed by atoms with Crippen LogP contribution in [0.25, 0.3) is 6.08 Å². The molecule has 2 aliphatic heterocycles. The Morgan fingerprint density at radius 1 is 1.36 bits per heavy atom. The molecule has 152 valence electrons. The van der Waals surface area contributed by atoms with Crippen molar-refractivity contribution in [2.45, 2.75) is 25.3 Å². The van der Waals surface area contributed by atoms with E-state index in [0.29, 0.717) is 17.9 Å². The highest BCUT2D eigenvalue weighted by Crippen LogP contribution is 2.32. The third kappa shape index (κ3) is 4.83. The Morgan fingerprint density at radius 2 is 2.14 bits per heavy atom. The van der Waals surface area contributed by atoms with Crippen molar-refractivity contribution in [3.05, 3.63) is 27.3 Å². The van der Waals surface area contributed by atoms with Crippen LogP contribution in [0.1, 0.15) is 24.1 Å². The normalized spacial score (nSPS) is 22.8. The number of thioether (sulfide) groups is 1. The van der Waals surface area contributed by atoms with E-state index in [1.54, 1.807) is 6.08 Å². The first kappa shape index (κ1) is 21.0. The van der Waals surface area contributed by atoms with Crippen LogP contribution in [0.3, 0.4) is 0 Å². The van der Waals surface area contributed by atoms with Gasteiger partial charge < -0.3 is 5.32 Å². The predicted octanol–water partition coefficient (Wildman–Crippen LogP) is 1.71. The topological polar surface area (TPSA) is 104 Å². The van der Waals surface area contributed by atoms with Crippen LogP contribution < -0.4 is 5.32 Å². The molecule has 1 unspecified atom stereocenters. The number of rotatable bonds is 6. The van der Waals surface area contributed by atoms with Crippen molar-refractivity contribution in [3.8, 4) is 0 Å². The zero-order valence-electron chi connectivity index (χ0n) is 15.3. The standard InChI is InChI=1S/C17H21N3O5S3/c1-28(24,25)20-8-3-2-6-13(20)15(21)18-7-9-19-16(22)14(27-17(19)23)11-12-5-4-10-26-12/h4-5,10-11,13H,2-3,6-9H2,1H3,(H,18,21)/b14-11-. The monoisotopic (exact) mass is 443 g/mol. The first-order chi connectivity index (χ1) is 13.3. The van der Waals surface area contributed by atoms with E-state index in [2.05, 4.69) is 5.32 Å². The second-order valence-corrected chi connectivity index (χ2v) is 10.4. The lowest BCUT2D eigenvalue weighted by atomic mass is 10.0. The van der Waals surface area contributed by atoms with Gasteiger partial charge in [0.25, 0.3) is 11.1 Å². The lowest BCUT2D eigenvalue weighted by Gasteiger charge is -2.32. The summed E-state index contributed by atoms with van der Waals surface area (Å²) in [5, 5.41) is 4.17. The zero-order chi connectivity index (χ0) is 20.3. The van der Waals surface area contributed by atoms with Gasteiger partial charge in [-0.15, -0.1) is 11.3 Å². The molecule has 0 spiro atoms. The molecule has 1 atom stereocenters. The van der Waals surface area contributed by atoms with Gasteiger partial charge in [0.1, 0.15) is 6.04 Å². The molecule has 0 aliphatic carbocycles. The molecule has 1 aromatic rings. The Bertz CT molecular complexity index is 895. The molecule has 3 amide bonds. The van der Waals surface area contributed by atoms with Gasteiger partial charge in [0, 0.05) is 24.5 Å². The second-order valence-electron chi connectivity index (χ2n) is 6.53. The SMILES string of the molecule is CS(=O)(=O)N1CCCCC1C(=O)NCCN1C(=O)S/C(=C\c2cccs2)C1=O. The van der Waals surface area contributed by atoms with Crippen LogP contribution in [0.15, 0.2) is 22.4 Å². The average molecular weight is 444 g/mol. The quantitative estimate of drug-likeness (QED) is 0.672. The Hall–Kier alpha value is -1.69. The molecule has 8 nitrogen and oxygen atoms in total. The highest BCUT2D eigenvalue weighted by Gasteiger charge is 2.36. The Balaban J connectivity index is 1.56. The lowest BCUT2D eigenvalue weighted by Crippen LogP contribution is -2.52. The van der Waals surface area contributed by atoms with Crippen LogP contribution in [0.4, 0.5) is 4.79 Å². The van der Waals surface area contributed by atoms with Crippen molar-refractivity contribution in [1.29, 1.82) is 0 Å². The molecule has 2 saturated heterocycles. The first-order valence-corrected chi connectivity index (χ1v) is 12.4. The Morgan fingerprint density at radius 3 is 2.82 bits per heavy atom. The van der Waals surface area contributed by atoms with Crippen molar-refractivity contribution >= 4 is 56.3 Å². The van der Waals surface area contributed by atoms with Gasteiger partial charge in [-0.3, -0.25) is 19.3 Å². The molecule has 3 heterocycles. The molecule has 3 rings (SSSR count). The van der Waals surface area contributed by atoms with E-state index < -0.39 is 22.0 Å². The molecular formula is C17H21N3O5S3. The molecule has 28 heavy (non-hydrogen) atoms. The number of hydrogen-bond acceptors (Lipinski definition) is 7. The van der Waals surface area contributed by atoms with E-state index in [-0.39, 0.29) is 24.2 Å². The number of piperidine rings is 1. The number of nitrogens with zero attached hydrogens (tertiary/aromatic N) is 2. The number of carbonyl (C=O) groups excluding carboxylic acids is 3. The van der Waals surface area contributed by atoms with Crippen molar-refractivity contribution < 1.29 is 22.8 Å². The summed E-state index contributed by atoms with van der Waals surface area (Å²) in [6.07, 6.45) is 4.74. The number of nitrogens with one attached hydrogen (secondary N) is 1. The highest BCUT2D eigenvalue weighted by molar-refractivity contribution is 8.18. The number of sulfonamides is 1. The minimum absolute atomic E-state index is 0.0454. The van der Waals surface area contributed by atoms with E-state index in [0.717, 1.165) is 40.6 Å². The summed E-state index contributed by atoms with van der Waals surface area (Å²) < 4.78 is 25.0. The van der Waals surface area contributed by atoms with Crippen LogP contribution in [-0.4, -0.2) is 66.6 Å². The summed E-state index contributed by atoms with van der Waals surface area (Å²) >= 11 is 2.35. The van der Waals surface area contributed by atoms with E-state index >= 15 is 0 Å². The smallest absolute Gasteiger partial charge is 0.293 e. The van der Waals surface area contributed by atoms with Crippen LogP contribution in [-0.2, 0) is 19.6 Å². The molecule has 2 aliphatic rings. The molecule has 0 saturated carbocycles. The summed E-state index contributed by atoms with van der Waals surface area (Å²) in [4.78, 5) is 39.3. The van der Waals surface area contributed by atoms with Gasteiger partial charge in [-0.25, -0.2) is 8.42 Å². The van der Waals surface area contributed by atoms with Gasteiger partial charge in [-0.05, 0) is 42.1 Å². The fraction of sp³-hybridized carbons (Fsp3) is 0.471. The third-order valence-electron chi connectivity index (χ3n) is 4.51. The van der Waals surface area contributed by atoms with Crippen molar-refractivity contribution in [2.75, 3.05) is 25.9 Å². The highest BCUT2D eigenvalue weighted by atomic mass is 32.2. The van der Waals surface area contributed by atoms with Crippen molar-refractivity contribution in [3.63, 3.8) is 0 Å². The van der Waals surface area contributed by atoms with Crippen molar-refractivity contribution in [1.82, 2.24) is 14.5 Å². The number of carbonyl (C=O) groups is 3. The Kier molecular flexibility index (Phi) is 6.58. The maximum atomic E-state index is 12.4. The first-order valence-electron chi connectivity index (χ1n) is 8.81. The third-order valence-corrected chi connectivity index (χ3v) is 7.52. The molecule has 1 N–H and O–H groups in total. The summed E-state index contributed by atoms with van der Waals surface area (Å²) in [5.74, 6) is -0.778. The van der Waals surface area contributed by atoms with Crippen LogP contribution in [0.2, 0.25) is 0 Å². The van der Waals surface area contributed by atoms with Crippen LogP contribution in [0.5, 0.6) is 0 Å². The number of thiophene rings is 1. The summed E-state index contributed by atoms with van der Waals surface area (Å²) in [6.45, 7) is 0.453. The van der Waals surface area contributed by atoms with Gasteiger partial charge in [0.05, 0.1) is 11.2 Å². The van der Waals surface area contributed by atoms with Crippen LogP contribution >= 0.6 is 23.1 Å². The Labute approximate surface area is 172 Å². The minimum Gasteiger partial charge on any atom is -0.353 e. The molecule has 2 fully saturated rings. The second kappa shape index (κ2) is 8.76. The number of imide groups is 1. The minimum atomic E-state index is -3.47. The van der Waals surface area contributed by atoms with E-state index in [1.165, 1.54) is 15.6 Å². The fourth-order valence-electron chi connectivity index (χ4n) is 3.17. The summed E-state index contributed by atoms with van der Waals surface area (Å²) in [7, 11) is -3.47. The zero-order valence-corrected chi connectivity index (χ0v) is 17.7. The van der Waals surface area contributed by atoms with Crippen molar-refractivity contribution in [2.24, 2.45) is 0 Å². The number of amides is 3. The molecule has 0 bridgehead atoms. The van der Waals surface area contributed by atoms with Gasteiger partial charge in [-0.2, -0.15) is 4.31 Å². The molecule has 11 heteroatoms. The molecule has 0 aromatic carbocycles. The predicted molar refractivity (Wildman–Crippen MR) is 109 cm³/mol. The molecule has 1 aromatic heterocycles. The maximum Gasteiger partial charge on any atom is 0.293 e.